The number of carboxylic acids is 1. The number of amides is 7. The minimum absolute atomic E-state index is 0.0848. The van der Waals surface area contributed by atoms with E-state index in [9.17, 15) is 43.5 Å². The number of fused-ring (bicyclic) bond motifs is 1. The Kier molecular flexibility index (Phi) is 27.4. The van der Waals surface area contributed by atoms with Crippen molar-refractivity contribution < 1.29 is 48.2 Å². The first-order valence-corrected chi connectivity index (χ1v) is 26.1. The molecule has 0 fully saturated rings. The van der Waals surface area contributed by atoms with Crippen LogP contribution in [-0.4, -0.2) is 162 Å². The number of hydrogen-bond acceptors (Lipinski definition) is 15. The van der Waals surface area contributed by atoms with Crippen LogP contribution in [0.5, 0.6) is 5.75 Å². The topological polar surface area (TPSA) is 478 Å². The second-order valence-corrected chi connectivity index (χ2v) is 18.7. The zero-order valence-corrected chi connectivity index (χ0v) is 45.1. The van der Waals surface area contributed by atoms with Gasteiger partial charge < -0.3 is 90.9 Å². The highest BCUT2D eigenvalue weighted by molar-refractivity contribution is 7.80. The van der Waals surface area contributed by atoms with Crippen molar-refractivity contribution in [2.24, 2.45) is 22.9 Å². The summed E-state index contributed by atoms with van der Waals surface area (Å²) in [5, 5.41) is 58.8. The average molecular weight is 1130 g/mol. The van der Waals surface area contributed by atoms with Crippen LogP contribution in [0.2, 0.25) is 0 Å². The summed E-state index contributed by atoms with van der Waals surface area (Å²) in [5.41, 5.74) is 24.1. The number of guanidine groups is 3. The van der Waals surface area contributed by atoms with Crippen LogP contribution in [-0.2, 0) is 51.2 Å². The van der Waals surface area contributed by atoms with E-state index in [2.05, 4.69) is 83.4 Å². The van der Waals surface area contributed by atoms with Gasteiger partial charge in [-0.2, -0.15) is 25.3 Å². The van der Waals surface area contributed by atoms with Crippen molar-refractivity contribution in [2.45, 2.75) is 107 Å². The van der Waals surface area contributed by atoms with E-state index in [1.807, 2.05) is 6.07 Å². The third kappa shape index (κ3) is 22.3. The maximum Gasteiger partial charge on any atom is 0.327 e. The van der Waals surface area contributed by atoms with Gasteiger partial charge in [0.05, 0.1) is 13.2 Å². The second-order valence-electron chi connectivity index (χ2n) is 18.0. The van der Waals surface area contributed by atoms with E-state index in [0.717, 1.165) is 10.9 Å². The number of ether oxygens (including phenoxy) is 1. The second kappa shape index (κ2) is 33.2. The number of carbonyl (C=O) groups excluding carboxylic acids is 7. The molecule has 1 aromatic heterocycles. The number of methoxy groups -OCH3 is 1. The SMILES string of the molecule is COc1ccc(C[C@@H](NC(=O)[C@H](CCCNC(=N)N)NC(=O)[C@@H](C)NC(=O)[C@H](CS)NC(=O)[C@@H](N)CCCNC(=N)N)C(=O)N[C@@H](CCCNC(=N)N)C(=O)N[C@H](Cc2c[nH]c3ccccc23)C(=O)N[C@@H](CS)C(=O)O)cc1. The molecular weight excluding hydrogens is 1050 g/mol. The number of carboxylic acid groups (broad SMARTS) is 1. The molecule has 0 aliphatic heterocycles. The molecule has 0 saturated carbocycles. The summed E-state index contributed by atoms with van der Waals surface area (Å²) < 4.78 is 5.30. The van der Waals surface area contributed by atoms with Crippen molar-refractivity contribution >= 4 is 101 Å². The van der Waals surface area contributed by atoms with Crippen LogP contribution in [0.3, 0.4) is 0 Å². The highest BCUT2D eigenvalue weighted by Gasteiger charge is 2.34. The van der Waals surface area contributed by atoms with Gasteiger partial charge in [0.2, 0.25) is 41.4 Å². The fourth-order valence-electron chi connectivity index (χ4n) is 7.63. The summed E-state index contributed by atoms with van der Waals surface area (Å²) in [6.45, 7) is 1.80. The maximum atomic E-state index is 14.7. The van der Waals surface area contributed by atoms with Crippen molar-refractivity contribution in [3.05, 3.63) is 65.9 Å². The Hall–Kier alpha value is -7.99. The van der Waals surface area contributed by atoms with Gasteiger partial charge in [-0.25, -0.2) is 4.79 Å². The number of benzene rings is 2. The number of hydrogen-bond donors (Lipinski definition) is 21. The molecule has 8 atom stereocenters. The Morgan fingerprint density at radius 1 is 0.577 bits per heavy atom. The van der Waals surface area contributed by atoms with Crippen LogP contribution >= 0.6 is 25.3 Å². The van der Waals surface area contributed by atoms with Crippen molar-refractivity contribution in [3.63, 3.8) is 0 Å². The Labute approximate surface area is 461 Å². The monoisotopic (exact) mass is 1130 g/mol. The molecule has 0 unspecified atom stereocenters. The standard InChI is InChI=1S/C48H74N18O10S2/c1-25(60-44(73)36(23-77)65-39(68)30(49)9-5-17-56-46(50)51)38(67)61-32(11-6-18-57-47(52)53)40(69)63-34(20-26-13-15-28(76-2)16-14-26)42(71)62-33(12-7-19-58-48(54)55)41(70)64-35(43(72)66-37(24-78)45(74)75)21-27-22-59-31-10-4-3-8-29(27)31/h3-4,8,10,13-16,22,25,30,32-37,59,77-78H,5-7,9,11-12,17-21,23-24,49H2,1-2H3,(H,60,73)(H,61,67)(H,62,71)(H,63,69)(H,64,70)(H,65,68)(H,66,72)(H,74,75)(H4,50,51,56)(H4,52,53,57)(H4,54,55,58)/t25-,30+,32+,33+,34-,35-,36+,37+/m1/s1. The molecule has 1 heterocycles. The molecule has 28 nitrogen and oxygen atoms in total. The van der Waals surface area contributed by atoms with Crippen molar-refractivity contribution in [1.82, 2.24) is 58.2 Å². The molecule has 0 radical (unpaired) electrons. The molecule has 2 aromatic carbocycles. The van der Waals surface area contributed by atoms with Gasteiger partial charge in [0.25, 0.3) is 0 Å². The molecule has 23 N–H and O–H groups in total. The highest BCUT2D eigenvalue weighted by Crippen LogP contribution is 2.20. The van der Waals surface area contributed by atoms with E-state index in [-0.39, 0.29) is 94.0 Å². The first kappa shape index (κ1) is 64.3. The lowest BCUT2D eigenvalue weighted by molar-refractivity contribution is -0.141. The summed E-state index contributed by atoms with van der Waals surface area (Å²) in [4.78, 5) is 112. The van der Waals surface area contributed by atoms with Gasteiger partial charge >= 0.3 is 5.97 Å². The normalized spacial score (nSPS) is 14.0. The van der Waals surface area contributed by atoms with Gasteiger partial charge in [0.1, 0.15) is 48.0 Å². The number of aliphatic carboxylic acids is 1. The predicted molar refractivity (Wildman–Crippen MR) is 299 cm³/mol. The van der Waals surface area contributed by atoms with Crippen LogP contribution in [0.15, 0.2) is 54.7 Å². The summed E-state index contributed by atoms with van der Waals surface area (Å²) in [5.74, 6) is -8.06. The van der Waals surface area contributed by atoms with Crippen LogP contribution < -0.4 is 80.8 Å². The molecule has 3 rings (SSSR count). The van der Waals surface area contributed by atoms with E-state index in [4.69, 9.17) is 43.9 Å². The first-order valence-electron chi connectivity index (χ1n) is 24.8. The molecule has 7 amide bonds. The van der Waals surface area contributed by atoms with E-state index in [1.54, 1.807) is 48.7 Å². The Morgan fingerprint density at radius 3 is 1.51 bits per heavy atom. The van der Waals surface area contributed by atoms with Crippen molar-refractivity contribution in [1.29, 1.82) is 16.2 Å². The smallest absolute Gasteiger partial charge is 0.327 e. The van der Waals surface area contributed by atoms with Gasteiger partial charge in [0, 0.05) is 61.1 Å². The lowest BCUT2D eigenvalue weighted by Crippen LogP contribution is -2.60. The van der Waals surface area contributed by atoms with Gasteiger partial charge in [-0.3, -0.25) is 49.8 Å². The fourth-order valence-corrected chi connectivity index (χ4v) is 8.14. The maximum absolute atomic E-state index is 14.7. The van der Waals surface area contributed by atoms with Gasteiger partial charge in [0.15, 0.2) is 17.9 Å². The third-order valence-corrected chi connectivity index (χ3v) is 12.6. The molecule has 0 aliphatic carbocycles. The Bertz CT molecular complexity index is 2550. The van der Waals surface area contributed by atoms with Crippen LogP contribution in [0, 0.1) is 16.2 Å². The largest absolute Gasteiger partial charge is 0.497 e. The summed E-state index contributed by atoms with van der Waals surface area (Å²) in [7, 11) is 1.46. The number of nitrogens with two attached hydrogens (primary N) is 4. The number of rotatable bonds is 34. The van der Waals surface area contributed by atoms with Crippen molar-refractivity contribution in [2.75, 3.05) is 38.2 Å². The Morgan fingerprint density at radius 2 is 1.01 bits per heavy atom. The summed E-state index contributed by atoms with van der Waals surface area (Å²) in [6.07, 6.45) is 2.03. The van der Waals surface area contributed by atoms with Gasteiger partial charge in [-0.15, -0.1) is 0 Å². The molecule has 0 spiro atoms. The van der Waals surface area contributed by atoms with E-state index < -0.39 is 95.7 Å². The first-order chi connectivity index (χ1) is 37.1. The predicted octanol–water partition coefficient (Wildman–Crippen LogP) is -3.56. The quantitative estimate of drug-likeness (QED) is 0.0119. The molecule has 3 aromatic rings. The number of thiol groups is 2. The fraction of sp³-hybridized carbons (Fsp3) is 0.479. The minimum atomic E-state index is -1.46. The molecule has 78 heavy (non-hydrogen) atoms. The molecule has 0 saturated heterocycles. The van der Waals surface area contributed by atoms with E-state index in [0.29, 0.717) is 23.3 Å². The lowest BCUT2D eigenvalue weighted by Gasteiger charge is -2.28. The number of para-hydroxylation sites is 1. The summed E-state index contributed by atoms with van der Waals surface area (Å²) in [6, 6.07) is 3.09. The zero-order valence-electron chi connectivity index (χ0n) is 43.3. The number of nitrogens with one attached hydrogen (secondary N) is 14. The minimum Gasteiger partial charge on any atom is -0.497 e. The average Bonchev–Trinajstić information content (AvgIpc) is 3.81. The lowest BCUT2D eigenvalue weighted by atomic mass is 10.0. The third-order valence-electron chi connectivity index (χ3n) is 11.9. The summed E-state index contributed by atoms with van der Waals surface area (Å²) >= 11 is 8.25. The number of aromatic nitrogens is 1. The zero-order chi connectivity index (χ0) is 57.9. The molecule has 428 valence electrons. The number of H-pyrrole nitrogens is 1. The molecule has 0 aliphatic rings. The molecule has 30 heteroatoms. The van der Waals surface area contributed by atoms with E-state index in [1.165, 1.54) is 14.0 Å². The van der Waals surface area contributed by atoms with Crippen LogP contribution in [0.1, 0.15) is 56.6 Å². The number of carbonyl (C=O) groups is 8. The van der Waals surface area contributed by atoms with Gasteiger partial charge in [-0.1, -0.05) is 30.3 Å². The van der Waals surface area contributed by atoms with E-state index >= 15 is 0 Å². The van der Waals surface area contributed by atoms with Crippen LogP contribution in [0.25, 0.3) is 10.9 Å². The molecular formula is C48H74N18O10S2. The number of aromatic amines is 1. The van der Waals surface area contributed by atoms with Gasteiger partial charge in [-0.05, 0) is 74.8 Å². The Balaban J connectivity index is 1.95. The van der Waals surface area contributed by atoms with Crippen LogP contribution in [0.4, 0.5) is 0 Å². The van der Waals surface area contributed by atoms with Crippen molar-refractivity contribution in [3.8, 4) is 5.75 Å². The molecule has 0 bridgehead atoms. The highest BCUT2D eigenvalue weighted by atomic mass is 32.1.